The molecule has 0 amide bonds. The number of halogens is 2. The van der Waals surface area contributed by atoms with Gasteiger partial charge in [-0.3, -0.25) is 4.98 Å². The van der Waals surface area contributed by atoms with Crippen LogP contribution in [0, 0.1) is 5.82 Å². The van der Waals surface area contributed by atoms with Crippen molar-refractivity contribution in [3.63, 3.8) is 0 Å². The largest absolute Gasteiger partial charge is 0.308 e. The number of hydrogen-bond donors (Lipinski definition) is 1. The van der Waals surface area contributed by atoms with Crippen LogP contribution in [-0.2, 0) is 0 Å². The molecule has 0 bridgehead atoms. The minimum absolute atomic E-state index is 0.0622. The Bertz CT molecular complexity index is 436. The van der Waals surface area contributed by atoms with Crippen molar-refractivity contribution in [1.82, 2.24) is 10.3 Å². The van der Waals surface area contributed by atoms with Crippen LogP contribution in [-0.4, -0.2) is 12.0 Å². The number of benzene rings is 1. The van der Waals surface area contributed by atoms with Crippen molar-refractivity contribution in [1.29, 1.82) is 0 Å². The molecule has 2 rings (SSSR count). The molecule has 2 nitrogen and oxygen atoms in total. The van der Waals surface area contributed by atoms with E-state index in [2.05, 4.69) is 10.3 Å². The fraction of sp³-hybridized carbons (Fsp3) is 0.154. The summed E-state index contributed by atoms with van der Waals surface area (Å²) in [6.07, 6.45) is 1.60. The van der Waals surface area contributed by atoms with Crippen molar-refractivity contribution < 1.29 is 4.39 Å². The Hall–Kier alpha value is -1.45. The van der Waals surface area contributed by atoms with Crippen LogP contribution in [0.25, 0.3) is 0 Å². The Morgan fingerprint density at radius 2 is 1.88 bits per heavy atom. The number of pyridine rings is 1. The molecule has 1 aromatic heterocycles. The highest BCUT2D eigenvalue weighted by Gasteiger charge is 2.12. The summed E-state index contributed by atoms with van der Waals surface area (Å²) in [7, 11) is 1.84. The van der Waals surface area contributed by atoms with Gasteiger partial charge in [0.05, 0.1) is 16.8 Å². The van der Waals surface area contributed by atoms with Crippen molar-refractivity contribution in [2.75, 3.05) is 7.05 Å². The molecule has 4 heteroatoms. The molecule has 88 valence electrons. The Labute approximate surface area is 104 Å². The van der Waals surface area contributed by atoms with E-state index in [0.29, 0.717) is 5.02 Å². The van der Waals surface area contributed by atoms with Gasteiger partial charge in [-0.2, -0.15) is 0 Å². The molecule has 1 heterocycles. The maximum absolute atomic E-state index is 12.9. The zero-order chi connectivity index (χ0) is 12.3. The van der Waals surface area contributed by atoms with Crippen LogP contribution >= 0.6 is 11.6 Å². The van der Waals surface area contributed by atoms with Crippen LogP contribution < -0.4 is 5.32 Å². The summed E-state index contributed by atoms with van der Waals surface area (Å²) in [6.45, 7) is 0. The number of nitrogens with one attached hydrogen (secondary N) is 1. The summed E-state index contributed by atoms with van der Waals surface area (Å²) < 4.78 is 12.9. The summed E-state index contributed by atoms with van der Waals surface area (Å²) >= 11 is 5.79. The maximum atomic E-state index is 12.9. The second kappa shape index (κ2) is 5.25. The first-order valence-corrected chi connectivity index (χ1v) is 5.62. The average Bonchev–Trinajstić information content (AvgIpc) is 2.35. The molecule has 1 N–H and O–H groups in total. The standard InChI is InChI=1S/C13H12ClFN2/c1-16-13(9-2-5-11(15)6-3-9)12-7-4-10(14)8-17-12/h2-8,13,16H,1H3. The molecule has 1 unspecified atom stereocenters. The summed E-state index contributed by atoms with van der Waals surface area (Å²) in [5.41, 5.74) is 1.81. The van der Waals surface area contributed by atoms with Crippen LogP contribution in [0.1, 0.15) is 17.3 Å². The van der Waals surface area contributed by atoms with Crippen LogP contribution in [0.5, 0.6) is 0 Å². The highest BCUT2D eigenvalue weighted by molar-refractivity contribution is 6.30. The quantitative estimate of drug-likeness (QED) is 0.905. The van der Waals surface area contributed by atoms with Gasteiger partial charge in [-0.1, -0.05) is 23.7 Å². The topological polar surface area (TPSA) is 24.9 Å². The van der Waals surface area contributed by atoms with Crippen LogP contribution in [0.15, 0.2) is 42.6 Å². The molecule has 0 aliphatic rings. The summed E-state index contributed by atoms with van der Waals surface area (Å²) in [5, 5.41) is 3.75. The van der Waals surface area contributed by atoms with Gasteiger partial charge in [-0.15, -0.1) is 0 Å². The lowest BCUT2D eigenvalue weighted by Gasteiger charge is -2.16. The molecule has 2 aromatic rings. The predicted molar refractivity (Wildman–Crippen MR) is 66.5 cm³/mol. The normalized spacial score (nSPS) is 12.4. The highest BCUT2D eigenvalue weighted by Crippen LogP contribution is 2.21. The molecular weight excluding hydrogens is 239 g/mol. The first kappa shape index (κ1) is 12.0. The number of hydrogen-bond acceptors (Lipinski definition) is 2. The van der Waals surface area contributed by atoms with Crippen LogP contribution in [0.4, 0.5) is 4.39 Å². The highest BCUT2D eigenvalue weighted by atomic mass is 35.5. The van der Waals surface area contributed by atoms with Gasteiger partial charge in [0, 0.05) is 6.20 Å². The SMILES string of the molecule is CNC(c1ccc(F)cc1)c1ccc(Cl)cn1. The van der Waals surface area contributed by atoms with E-state index in [1.807, 2.05) is 13.1 Å². The van der Waals surface area contributed by atoms with Gasteiger partial charge < -0.3 is 5.32 Å². The fourth-order valence-corrected chi connectivity index (χ4v) is 1.81. The Morgan fingerprint density at radius 3 is 2.41 bits per heavy atom. The van der Waals surface area contributed by atoms with Gasteiger partial charge >= 0.3 is 0 Å². The lowest BCUT2D eigenvalue weighted by atomic mass is 10.0. The predicted octanol–water partition coefficient (Wildman–Crippen LogP) is 3.18. The summed E-state index contributed by atoms with van der Waals surface area (Å²) in [6, 6.07) is 9.95. The third-order valence-electron chi connectivity index (χ3n) is 2.54. The fourth-order valence-electron chi connectivity index (χ4n) is 1.70. The van der Waals surface area contributed by atoms with Gasteiger partial charge in [0.15, 0.2) is 0 Å². The lowest BCUT2D eigenvalue weighted by molar-refractivity contribution is 0.622. The molecule has 1 aromatic carbocycles. The monoisotopic (exact) mass is 250 g/mol. The lowest BCUT2D eigenvalue weighted by Crippen LogP contribution is -2.18. The molecule has 0 saturated heterocycles. The molecule has 0 radical (unpaired) electrons. The van der Waals surface area contributed by atoms with Gasteiger partial charge in [0.1, 0.15) is 5.82 Å². The molecule has 0 aliphatic carbocycles. The van der Waals surface area contributed by atoms with Crippen molar-refractivity contribution in [2.45, 2.75) is 6.04 Å². The molecule has 0 aliphatic heterocycles. The van der Waals surface area contributed by atoms with Gasteiger partial charge in [0.2, 0.25) is 0 Å². The van der Waals surface area contributed by atoms with E-state index < -0.39 is 0 Å². The van der Waals surface area contributed by atoms with E-state index in [-0.39, 0.29) is 11.9 Å². The number of nitrogens with zero attached hydrogens (tertiary/aromatic N) is 1. The van der Waals surface area contributed by atoms with E-state index in [0.717, 1.165) is 11.3 Å². The van der Waals surface area contributed by atoms with Gasteiger partial charge in [-0.05, 0) is 36.9 Å². The third kappa shape index (κ3) is 2.81. The van der Waals surface area contributed by atoms with Gasteiger partial charge in [-0.25, -0.2) is 4.39 Å². The van der Waals surface area contributed by atoms with Crippen LogP contribution in [0.3, 0.4) is 0 Å². The number of rotatable bonds is 3. The second-order valence-electron chi connectivity index (χ2n) is 3.67. The Balaban J connectivity index is 2.33. The van der Waals surface area contributed by atoms with Crippen molar-refractivity contribution in [2.24, 2.45) is 0 Å². The minimum Gasteiger partial charge on any atom is -0.308 e. The first-order chi connectivity index (χ1) is 8.20. The molecule has 17 heavy (non-hydrogen) atoms. The van der Waals surface area contributed by atoms with Crippen molar-refractivity contribution in [3.8, 4) is 0 Å². The second-order valence-corrected chi connectivity index (χ2v) is 4.11. The summed E-state index contributed by atoms with van der Waals surface area (Å²) in [5.74, 6) is -0.243. The Morgan fingerprint density at radius 1 is 1.18 bits per heavy atom. The molecular formula is C13H12ClFN2. The maximum Gasteiger partial charge on any atom is 0.123 e. The third-order valence-corrected chi connectivity index (χ3v) is 2.76. The first-order valence-electron chi connectivity index (χ1n) is 5.25. The van der Waals surface area contributed by atoms with E-state index in [4.69, 9.17) is 11.6 Å². The molecule has 1 atom stereocenters. The molecule has 0 spiro atoms. The minimum atomic E-state index is -0.243. The summed E-state index contributed by atoms with van der Waals surface area (Å²) in [4.78, 5) is 4.26. The number of aromatic nitrogens is 1. The molecule has 0 saturated carbocycles. The van der Waals surface area contributed by atoms with E-state index in [1.165, 1.54) is 12.1 Å². The van der Waals surface area contributed by atoms with E-state index in [1.54, 1.807) is 24.4 Å². The van der Waals surface area contributed by atoms with E-state index in [9.17, 15) is 4.39 Å². The van der Waals surface area contributed by atoms with Crippen molar-refractivity contribution in [3.05, 3.63) is 64.7 Å². The Kier molecular flexibility index (Phi) is 3.71. The van der Waals surface area contributed by atoms with Crippen molar-refractivity contribution >= 4 is 11.6 Å². The average molecular weight is 251 g/mol. The molecule has 0 fully saturated rings. The smallest absolute Gasteiger partial charge is 0.123 e. The zero-order valence-electron chi connectivity index (χ0n) is 9.32. The van der Waals surface area contributed by atoms with E-state index >= 15 is 0 Å². The van der Waals surface area contributed by atoms with Gasteiger partial charge in [0.25, 0.3) is 0 Å². The van der Waals surface area contributed by atoms with Crippen LogP contribution in [0.2, 0.25) is 5.02 Å². The zero-order valence-corrected chi connectivity index (χ0v) is 10.1.